The van der Waals surface area contributed by atoms with E-state index in [1.807, 2.05) is 0 Å². The van der Waals surface area contributed by atoms with E-state index in [-0.39, 0.29) is 30.1 Å². The monoisotopic (exact) mass is 423 g/mol. The lowest BCUT2D eigenvalue weighted by molar-refractivity contribution is -0.154. The van der Waals surface area contributed by atoms with Gasteiger partial charge < -0.3 is 20.5 Å². The summed E-state index contributed by atoms with van der Waals surface area (Å²) >= 11 is 0. The van der Waals surface area contributed by atoms with E-state index < -0.39 is 30.4 Å². The molecular formula is C16H15F6N5O2. The normalized spacial score (nSPS) is 12.6. The van der Waals surface area contributed by atoms with E-state index in [0.717, 1.165) is 30.3 Å². The Balaban J connectivity index is 2.18. The fourth-order valence-electron chi connectivity index (χ4n) is 1.92. The van der Waals surface area contributed by atoms with Crippen molar-refractivity contribution in [3.63, 3.8) is 0 Å². The molecule has 158 valence electrons. The van der Waals surface area contributed by atoms with Crippen LogP contribution in [0, 0.1) is 0 Å². The fourth-order valence-corrected chi connectivity index (χ4v) is 1.92. The lowest BCUT2D eigenvalue weighted by atomic mass is 10.2. The molecule has 0 bridgehead atoms. The van der Waals surface area contributed by atoms with Gasteiger partial charge in [-0.15, -0.1) is 0 Å². The van der Waals surface area contributed by atoms with Crippen molar-refractivity contribution in [2.75, 3.05) is 18.5 Å². The number of aromatic nitrogens is 2. The number of nitrogens with two attached hydrogens (primary N) is 1. The van der Waals surface area contributed by atoms with Crippen LogP contribution in [0.15, 0.2) is 35.3 Å². The third-order valence-corrected chi connectivity index (χ3v) is 3.05. The van der Waals surface area contributed by atoms with Crippen LogP contribution in [0.25, 0.3) is 0 Å². The van der Waals surface area contributed by atoms with Gasteiger partial charge in [-0.3, -0.25) is 0 Å². The van der Waals surface area contributed by atoms with E-state index in [4.69, 9.17) is 10.5 Å². The van der Waals surface area contributed by atoms with E-state index in [1.54, 1.807) is 6.92 Å². The van der Waals surface area contributed by atoms with Crippen LogP contribution in [-0.4, -0.2) is 35.3 Å². The Labute approximate surface area is 160 Å². The Bertz CT molecular complexity index is 852. The second-order valence-corrected chi connectivity index (χ2v) is 5.38. The number of aliphatic imine (C=N–C) groups is 1. The Morgan fingerprint density at radius 3 is 2.14 bits per heavy atom. The van der Waals surface area contributed by atoms with E-state index >= 15 is 0 Å². The molecule has 0 saturated heterocycles. The molecule has 1 aromatic carbocycles. The van der Waals surface area contributed by atoms with Gasteiger partial charge in [-0.05, 0) is 31.2 Å². The summed E-state index contributed by atoms with van der Waals surface area (Å²) in [7, 11) is 0. The van der Waals surface area contributed by atoms with Crippen molar-refractivity contribution in [2.45, 2.75) is 19.3 Å². The molecule has 13 heteroatoms. The SMILES string of the molecule is CCOc1cc(OCC(F)(F)F)nc(N=C(N)Nc2ccc(C(F)(F)F)cc2)n1. The van der Waals surface area contributed by atoms with Gasteiger partial charge in [-0.2, -0.15) is 41.3 Å². The number of anilines is 1. The Morgan fingerprint density at radius 1 is 1.03 bits per heavy atom. The molecule has 0 atom stereocenters. The number of nitrogens with zero attached hydrogens (tertiary/aromatic N) is 3. The summed E-state index contributed by atoms with van der Waals surface area (Å²) in [6.07, 6.45) is -9.07. The fraction of sp³-hybridized carbons (Fsp3) is 0.312. The molecule has 0 unspecified atom stereocenters. The molecule has 0 spiro atoms. The Kier molecular flexibility index (Phi) is 6.72. The van der Waals surface area contributed by atoms with Crippen LogP contribution >= 0.6 is 0 Å². The van der Waals surface area contributed by atoms with Crippen molar-refractivity contribution in [2.24, 2.45) is 10.7 Å². The summed E-state index contributed by atoms with van der Waals surface area (Å²) < 4.78 is 84.3. The number of guanidine groups is 1. The molecule has 3 N–H and O–H groups in total. The molecule has 0 saturated carbocycles. The molecule has 7 nitrogen and oxygen atoms in total. The molecule has 0 aliphatic carbocycles. The van der Waals surface area contributed by atoms with Crippen LogP contribution in [0.1, 0.15) is 12.5 Å². The number of ether oxygens (including phenoxy) is 2. The third-order valence-electron chi connectivity index (χ3n) is 3.05. The molecule has 1 aromatic heterocycles. The second-order valence-electron chi connectivity index (χ2n) is 5.38. The zero-order chi connectivity index (χ0) is 21.7. The van der Waals surface area contributed by atoms with Crippen LogP contribution in [0.4, 0.5) is 38.0 Å². The summed E-state index contributed by atoms with van der Waals surface area (Å²) in [6, 6.07) is 4.98. The molecule has 2 aromatic rings. The van der Waals surface area contributed by atoms with Crippen LogP contribution < -0.4 is 20.5 Å². The van der Waals surface area contributed by atoms with Gasteiger partial charge in [0.1, 0.15) is 0 Å². The highest BCUT2D eigenvalue weighted by atomic mass is 19.4. The number of alkyl halides is 6. The first-order valence-electron chi connectivity index (χ1n) is 7.96. The highest BCUT2D eigenvalue weighted by Gasteiger charge is 2.30. The molecule has 0 aliphatic rings. The highest BCUT2D eigenvalue weighted by Crippen LogP contribution is 2.30. The summed E-state index contributed by atoms with van der Waals surface area (Å²) in [6.45, 7) is 0.206. The van der Waals surface area contributed by atoms with Gasteiger partial charge in [0.2, 0.25) is 17.7 Å². The second kappa shape index (κ2) is 8.84. The maximum Gasteiger partial charge on any atom is 0.422 e. The quantitative estimate of drug-likeness (QED) is 0.416. The average Bonchev–Trinajstić information content (AvgIpc) is 2.59. The van der Waals surface area contributed by atoms with E-state index in [0.29, 0.717) is 0 Å². The van der Waals surface area contributed by atoms with Gasteiger partial charge in [-0.1, -0.05) is 0 Å². The smallest absolute Gasteiger partial charge is 0.422 e. The minimum atomic E-state index is -4.58. The molecule has 0 aliphatic heterocycles. The third kappa shape index (κ3) is 7.35. The first-order chi connectivity index (χ1) is 13.5. The summed E-state index contributed by atoms with van der Waals surface area (Å²) in [4.78, 5) is 11.3. The van der Waals surface area contributed by atoms with Crippen molar-refractivity contribution >= 4 is 17.6 Å². The maximum atomic E-state index is 12.6. The molecule has 2 rings (SSSR count). The largest absolute Gasteiger partial charge is 0.478 e. The maximum absolute atomic E-state index is 12.6. The first kappa shape index (κ1) is 22.0. The van der Waals surface area contributed by atoms with E-state index in [1.165, 1.54) is 0 Å². The Hall–Kier alpha value is -3.25. The number of rotatable bonds is 6. The van der Waals surface area contributed by atoms with Gasteiger partial charge in [-0.25, -0.2) is 0 Å². The topological polar surface area (TPSA) is 94.7 Å². The lowest BCUT2D eigenvalue weighted by Crippen LogP contribution is -2.22. The number of hydrogen-bond donors (Lipinski definition) is 2. The molecule has 0 fully saturated rings. The lowest BCUT2D eigenvalue weighted by Gasteiger charge is -2.11. The molecule has 1 heterocycles. The van der Waals surface area contributed by atoms with E-state index in [9.17, 15) is 26.3 Å². The predicted molar refractivity (Wildman–Crippen MR) is 91.1 cm³/mol. The van der Waals surface area contributed by atoms with Crippen LogP contribution in [0.5, 0.6) is 11.8 Å². The van der Waals surface area contributed by atoms with Crippen molar-refractivity contribution in [1.82, 2.24) is 9.97 Å². The van der Waals surface area contributed by atoms with E-state index in [2.05, 4.69) is 25.0 Å². The van der Waals surface area contributed by atoms with Gasteiger partial charge in [0.25, 0.3) is 5.95 Å². The van der Waals surface area contributed by atoms with Crippen LogP contribution in [0.2, 0.25) is 0 Å². The standard InChI is InChI=1S/C16H15F6N5O2/c1-2-28-11-7-12(29-8-15(17,18)19)26-14(25-11)27-13(23)24-10-5-3-9(4-6-10)16(20,21)22/h3-7H,2,8H2,1H3,(H3,23,24,25,26,27). The number of halogens is 6. The zero-order valence-electron chi connectivity index (χ0n) is 14.8. The van der Waals surface area contributed by atoms with Gasteiger partial charge >= 0.3 is 12.4 Å². The predicted octanol–water partition coefficient (Wildman–Crippen LogP) is 3.89. The molecule has 0 amide bonds. The molecular weight excluding hydrogens is 408 g/mol. The van der Waals surface area contributed by atoms with Gasteiger partial charge in [0.15, 0.2) is 6.61 Å². The number of hydrogen-bond acceptors (Lipinski definition) is 5. The highest BCUT2D eigenvalue weighted by molar-refractivity contribution is 5.93. The van der Waals surface area contributed by atoms with Crippen molar-refractivity contribution in [3.8, 4) is 11.8 Å². The van der Waals surface area contributed by atoms with Crippen molar-refractivity contribution in [3.05, 3.63) is 35.9 Å². The number of nitrogens with one attached hydrogen (secondary N) is 1. The minimum Gasteiger partial charge on any atom is -0.478 e. The van der Waals surface area contributed by atoms with Gasteiger partial charge in [0.05, 0.1) is 18.2 Å². The molecule has 0 radical (unpaired) electrons. The molecule has 29 heavy (non-hydrogen) atoms. The van der Waals surface area contributed by atoms with Crippen molar-refractivity contribution in [1.29, 1.82) is 0 Å². The zero-order valence-corrected chi connectivity index (χ0v) is 14.8. The van der Waals surface area contributed by atoms with Crippen molar-refractivity contribution < 1.29 is 35.8 Å². The summed E-state index contributed by atoms with van der Waals surface area (Å²) in [5.41, 5.74) is 4.99. The summed E-state index contributed by atoms with van der Waals surface area (Å²) in [5, 5.41) is 2.51. The van der Waals surface area contributed by atoms with Crippen LogP contribution in [0.3, 0.4) is 0 Å². The van der Waals surface area contributed by atoms with Gasteiger partial charge in [0, 0.05) is 5.69 Å². The first-order valence-corrected chi connectivity index (χ1v) is 7.96. The Morgan fingerprint density at radius 2 is 1.62 bits per heavy atom. The summed E-state index contributed by atoms with van der Waals surface area (Å²) in [5.74, 6) is -1.23. The van der Waals surface area contributed by atoms with Crippen LogP contribution in [-0.2, 0) is 6.18 Å². The average molecular weight is 423 g/mol. The number of benzene rings is 1. The minimum absolute atomic E-state index is 0.0965.